The fourth-order valence-electron chi connectivity index (χ4n) is 4.46. The summed E-state index contributed by atoms with van der Waals surface area (Å²) in [6.45, 7) is 5.53. The molecule has 2 aliphatic rings. The van der Waals surface area contributed by atoms with Crippen LogP contribution >= 0.6 is 0 Å². The van der Waals surface area contributed by atoms with Crippen molar-refractivity contribution in [2.45, 2.75) is 57.8 Å². The lowest BCUT2D eigenvalue weighted by molar-refractivity contribution is -0.133. The van der Waals surface area contributed by atoms with Gasteiger partial charge in [-0.15, -0.1) is 0 Å². The predicted molar refractivity (Wildman–Crippen MR) is 88.7 cm³/mol. The first-order chi connectivity index (χ1) is 11.6. The summed E-state index contributed by atoms with van der Waals surface area (Å²) in [6, 6.07) is 0. The number of aromatic nitrogens is 3. The Morgan fingerprint density at radius 3 is 3.08 bits per heavy atom. The Kier molecular flexibility index (Phi) is 3.70. The van der Waals surface area contributed by atoms with E-state index >= 15 is 0 Å². The zero-order valence-corrected chi connectivity index (χ0v) is 14.4. The second kappa shape index (κ2) is 5.76. The molecular weight excluding hydrogens is 304 g/mol. The minimum Gasteiger partial charge on any atom is -0.361 e. The molecule has 24 heavy (non-hydrogen) atoms. The molecule has 1 fully saturated rings. The quantitative estimate of drug-likeness (QED) is 0.939. The van der Waals surface area contributed by atoms with E-state index in [-0.39, 0.29) is 11.3 Å². The van der Waals surface area contributed by atoms with Crippen molar-refractivity contribution in [2.24, 2.45) is 0 Å². The van der Waals surface area contributed by atoms with E-state index in [0.29, 0.717) is 12.8 Å². The third kappa shape index (κ3) is 2.44. The van der Waals surface area contributed by atoms with Gasteiger partial charge in [0, 0.05) is 36.2 Å². The SMILES string of the molecule is Cc1noc(C)c1CCC(=O)N1CCCC2(CCc3cn[nH]c32)C1. The number of carbonyl (C=O) groups is 1. The molecule has 1 N–H and O–H groups in total. The summed E-state index contributed by atoms with van der Waals surface area (Å²) >= 11 is 0. The summed E-state index contributed by atoms with van der Waals surface area (Å²) in [5.41, 5.74) is 4.67. The van der Waals surface area contributed by atoms with Gasteiger partial charge in [0.05, 0.1) is 11.9 Å². The van der Waals surface area contributed by atoms with Crippen LogP contribution in [-0.4, -0.2) is 39.3 Å². The molecule has 1 unspecified atom stereocenters. The third-order valence-corrected chi connectivity index (χ3v) is 5.82. The molecule has 128 valence electrons. The van der Waals surface area contributed by atoms with Crippen molar-refractivity contribution in [1.82, 2.24) is 20.3 Å². The summed E-state index contributed by atoms with van der Waals surface area (Å²) < 4.78 is 5.19. The first kappa shape index (κ1) is 15.4. The lowest BCUT2D eigenvalue weighted by atomic mass is 9.77. The van der Waals surface area contributed by atoms with Gasteiger partial charge in [-0.05, 0) is 51.5 Å². The number of carbonyl (C=O) groups excluding carboxylic acids is 1. The van der Waals surface area contributed by atoms with E-state index in [2.05, 4.69) is 20.3 Å². The molecule has 1 amide bonds. The van der Waals surface area contributed by atoms with Gasteiger partial charge in [0.2, 0.25) is 5.91 Å². The summed E-state index contributed by atoms with van der Waals surface area (Å²) in [7, 11) is 0. The monoisotopic (exact) mass is 328 g/mol. The lowest BCUT2D eigenvalue weighted by Gasteiger charge is -2.40. The predicted octanol–water partition coefficient (Wildman–Crippen LogP) is 2.45. The maximum absolute atomic E-state index is 12.8. The molecule has 0 bridgehead atoms. The minimum atomic E-state index is 0.1000. The highest BCUT2D eigenvalue weighted by Gasteiger charge is 2.44. The van der Waals surface area contributed by atoms with Gasteiger partial charge in [-0.1, -0.05) is 5.16 Å². The van der Waals surface area contributed by atoms with E-state index in [4.69, 9.17) is 4.52 Å². The molecule has 6 nitrogen and oxygen atoms in total. The number of H-pyrrole nitrogens is 1. The van der Waals surface area contributed by atoms with Crippen LogP contribution in [0.3, 0.4) is 0 Å². The normalized spacial score (nSPS) is 23.0. The highest BCUT2D eigenvalue weighted by Crippen LogP contribution is 2.43. The molecule has 1 spiro atoms. The number of nitrogens with zero attached hydrogens (tertiary/aromatic N) is 3. The molecule has 2 aromatic rings. The third-order valence-electron chi connectivity index (χ3n) is 5.82. The maximum Gasteiger partial charge on any atom is 0.222 e. The van der Waals surface area contributed by atoms with Crippen LogP contribution in [0.15, 0.2) is 10.7 Å². The van der Waals surface area contributed by atoms with Gasteiger partial charge in [-0.25, -0.2) is 0 Å². The van der Waals surface area contributed by atoms with Crippen LogP contribution < -0.4 is 0 Å². The highest BCUT2D eigenvalue weighted by atomic mass is 16.5. The number of amides is 1. The summed E-state index contributed by atoms with van der Waals surface area (Å²) in [6.07, 6.45) is 7.60. The van der Waals surface area contributed by atoms with Crippen molar-refractivity contribution in [2.75, 3.05) is 13.1 Å². The number of fused-ring (bicyclic) bond motifs is 2. The first-order valence-corrected chi connectivity index (χ1v) is 8.81. The molecule has 1 atom stereocenters. The molecule has 6 heteroatoms. The number of aromatic amines is 1. The molecule has 1 aliphatic heterocycles. The van der Waals surface area contributed by atoms with Gasteiger partial charge in [0.15, 0.2) is 0 Å². The largest absolute Gasteiger partial charge is 0.361 e. The van der Waals surface area contributed by atoms with Crippen LogP contribution in [0.25, 0.3) is 0 Å². The van der Waals surface area contributed by atoms with Crippen molar-refractivity contribution in [3.8, 4) is 0 Å². The maximum atomic E-state index is 12.8. The van der Waals surface area contributed by atoms with Gasteiger partial charge >= 0.3 is 0 Å². The Hall–Kier alpha value is -2.11. The van der Waals surface area contributed by atoms with Crippen molar-refractivity contribution in [3.63, 3.8) is 0 Å². The van der Waals surface area contributed by atoms with Crippen LogP contribution in [0.5, 0.6) is 0 Å². The van der Waals surface area contributed by atoms with E-state index in [1.54, 1.807) is 0 Å². The molecule has 3 heterocycles. The Morgan fingerprint density at radius 1 is 1.42 bits per heavy atom. The van der Waals surface area contributed by atoms with Crippen LogP contribution in [0.1, 0.15) is 54.0 Å². The number of rotatable bonds is 3. The molecule has 2 aromatic heterocycles. The van der Waals surface area contributed by atoms with Gasteiger partial charge in [0.1, 0.15) is 5.76 Å². The van der Waals surface area contributed by atoms with Gasteiger partial charge in [-0.2, -0.15) is 5.10 Å². The number of hydrogen-bond acceptors (Lipinski definition) is 4. The molecule has 0 saturated carbocycles. The second-order valence-electron chi connectivity index (χ2n) is 7.27. The molecular formula is C18H24N4O2. The topological polar surface area (TPSA) is 75.0 Å². The zero-order valence-electron chi connectivity index (χ0n) is 14.4. The summed E-state index contributed by atoms with van der Waals surface area (Å²) in [4.78, 5) is 14.8. The Morgan fingerprint density at radius 2 is 2.29 bits per heavy atom. The van der Waals surface area contributed by atoms with E-state index in [1.165, 1.54) is 11.3 Å². The summed E-state index contributed by atoms with van der Waals surface area (Å²) in [5, 5.41) is 11.4. The summed E-state index contributed by atoms with van der Waals surface area (Å²) in [5.74, 6) is 1.07. The van der Waals surface area contributed by atoms with Crippen LogP contribution in [0.2, 0.25) is 0 Å². The fourth-order valence-corrected chi connectivity index (χ4v) is 4.46. The Labute approximate surface area is 141 Å². The van der Waals surface area contributed by atoms with E-state index < -0.39 is 0 Å². The van der Waals surface area contributed by atoms with Gasteiger partial charge < -0.3 is 9.42 Å². The van der Waals surface area contributed by atoms with Gasteiger partial charge in [0.25, 0.3) is 0 Å². The lowest BCUT2D eigenvalue weighted by Crippen LogP contribution is -2.47. The number of hydrogen-bond donors (Lipinski definition) is 1. The highest BCUT2D eigenvalue weighted by molar-refractivity contribution is 5.77. The average Bonchev–Trinajstić information content (AvgIpc) is 3.26. The number of nitrogens with one attached hydrogen (secondary N) is 1. The molecule has 0 aromatic carbocycles. The Balaban J connectivity index is 1.44. The Bertz CT molecular complexity index is 743. The first-order valence-electron chi connectivity index (χ1n) is 8.81. The smallest absolute Gasteiger partial charge is 0.222 e. The van der Waals surface area contributed by atoms with Crippen molar-refractivity contribution >= 4 is 5.91 Å². The molecule has 1 saturated heterocycles. The van der Waals surface area contributed by atoms with Crippen molar-refractivity contribution < 1.29 is 9.32 Å². The molecule has 4 rings (SSSR count). The van der Waals surface area contributed by atoms with Crippen LogP contribution in [0.4, 0.5) is 0 Å². The number of piperidine rings is 1. The zero-order chi connectivity index (χ0) is 16.7. The van der Waals surface area contributed by atoms with Gasteiger partial charge in [-0.3, -0.25) is 9.89 Å². The second-order valence-corrected chi connectivity index (χ2v) is 7.27. The standard InChI is InChI=1S/C18H24N4O2/c1-12-15(13(2)24-21-12)4-5-16(23)22-9-3-7-18(11-22)8-6-14-10-19-20-17(14)18/h10H,3-9,11H2,1-2H3,(H,19,20). The number of likely N-dealkylation sites (tertiary alicyclic amines) is 1. The van der Waals surface area contributed by atoms with E-state index in [9.17, 15) is 4.79 Å². The molecule has 1 aliphatic carbocycles. The van der Waals surface area contributed by atoms with Crippen molar-refractivity contribution in [3.05, 3.63) is 34.5 Å². The average molecular weight is 328 g/mol. The number of aryl methyl sites for hydroxylation is 3. The molecule has 0 radical (unpaired) electrons. The van der Waals surface area contributed by atoms with E-state index in [0.717, 1.165) is 55.8 Å². The van der Waals surface area contributed by atoms with Crippen LogP contribution in [-0.2, 0) is 23.1 Å². The fraction of sp³-hybridized carbons (Fsp3) is 0.611. The van der Waals surface area contributed by atoms with E-state index in [1.807, 2.05) is 20.0 Å². The van der Waals surface area contributed by atoms with Crippen molar-refractivity contribution in [1.29, 1.82) is 0 Å². The minimum absolute atomic E-state index is 0.1000. The van der Waals surface area contributed by atoms with Crippen LogP contribution in [0, 0.1) is 13.8 Å².